The van der Waals surface area contributed by atoms with E-state index in [9.17, 15) is 4.79 Å². The van der Waals surface area contributed by atoms with Crippen molar-refractivity contribution in [2.75, 3.05) is 31.6 Å². The Morgan fingerprint density at radius 2 is 2.12 bits per heavy atom. The van der Waals surface area contributed by atoms with Gasteiger partial charge < -0.3 is 15.0 Å². The Kier molecular flexibility index (Phi) is 5.26. The molecule has 4 nitrogen and oxygen atoms in total. The molecule has 0 radical (unpaired) electrons. The van der Waals surface area contributed by atoms with Crippen molar-refractivity contribution in [2.45, 2.75) is 6.42 Å². The maximum absolute atomic E-state index is 12.2. The Bertz CT molecular complexity index is 720. The van der Waals surface area contributed by atoms with Crippen LogP contribution in [0.15, 0.2) is 48.5 Å². The summed E-state index contributed by atoms with van der Waals surface area (Å²) >= 11 is 6.07. The largest absolute Gasteiger partial charge is 0.497 e. The number of nitrogens with one attached hydrogen (secondary N) is 1. The van der Waals surface area contributed by atoms with E-state index >= 15 is 0 Å². The molecule has 1 atom stereocenters. The Morgan fingerprint density at radius 1 is 1.29 bits per heavy atom. The number of anilines is 1. The Balaban J connectivity index is 1.55. The molecule has 0 aromatic heterocycles. The van der Waals surface area contributed by atoms with Crippen molar-refractivity contribution in [1.82, 2.24) is 5.32 Å². The van der Waals surface area contributed by atoms with Crippen LogP contribution in [0.2, 0.25) is 5.02 Å². The molecule has 3 rings (SSSR count). The lowest BCUT2D eigenvalue weighted by Crippen LogP contribution is -2.31. The highest BCUT2D eigenvalue weighted by atomic mass is 35.5. The first-order valence-electron chi connectivity index (χ1n) is 8.09. The molecule has 1 unspecified atom stereocenters. The SMILES string of the molecule is COc1cccc(N2CCC(CNC(=O)c3ccccc3Cl)C2)c1. The standard InChI is InChI=1S/C19H21ClN2O2/c1-24-16-6-4-5-15(11-16)22-10-9-14(13-22)12-21-19(23)17-7-2-3-8-18(17)20/h2-8,11,14H,9-10,12-13H2,1H3,(H,21,23). The van der Waals surface area contributed by atoms with Crippen LogP contribution in [-0.4, -0.2) is 32.7 Å². The first-order chi connectivity index (χ1) is 11.7. The van der Waals surface area contributed by atoms with Gasteiger partial charge in [-0.1, -0.05) is 29.8 Å². The molecule has 126 valence electrons. The van der Waals surface area contributed by atoms with Gasteiger partial charge in [-0.05, 0) is 36.6 Å². The van der Waals surface area contributed by atoms with Crippen LogP contribution in [0.5, 0.6) is 5.75 Å². The van der Waals surface area contributed by atoms with Crippen molar-refractivity contribution in [2.24, 2.45) is 5.92 Å². The molecule has 2 aromatic rings. The summed E-state index contributed by atoms with van der Waals surface area (Å²) in [4.78, 5) is 14.6. The van der Waals surface area contributed by atoms with Gasteiger partial charge in [0.15, 0.2) is 0 Å². The molecule has 0 saturated carbocycles. The maximum Gasteiger partial charge on any atom is 0.252 e. The highest BCUT2D eigenvalue weighted by Crippen LogP contribution is 2.26. The van der Waals surface area contributed by atoms with E-state index in [0.717, 1.165) is 30.9 Å². The molecule has 1 N–H and O–H groups in total. The highest BCUT2D eigenvalue weighted by molar-refractivity contribution is 6.33. The summed E-state index contributed by atoms with van der Waals surface area (Å²) in [5.41, 5.74) is 1.69. The van der Waals surface area contributed by atoms with Gasteiger partial charge in [0.05, 0.1) is 17.7 Å². The van der Waals surface area contributed by atoms with Gasteiger partial charge in [-0.2, -0.15) is 0 Å². The van der Waals surface area contributed by atoms with Gasteiger partial charge in [-0.15, -0.1) is 0 Å². The van der Waals surface area contributed by atoms with Crippen molar-refractivity contribution in [3.05, 3.63) is 59.1 Å². The smallest absolute Gasteiger partial charge is 0.252 e. The van der Waals surface area contributed by atoms with E-state index in [4.69, 9.17) is 16.3 Å². The minimum absolute atomic E-state index is 0.111. The first-order valence-corrected chi connectivity index (χ1v) is 8.47. The summed E-state index contributed by atoms with van der Waals surface area (Å²) in [6.45, 7) is 2.57. The summed E-state index contributed by atoms with van der Waals surface area (Å²) < 4.78 is 5.28. The number of amides is 1. The molecule has 24 heavy (non-hydrogen) atoms. The van der Waals surface area contributed by atoms with Crippen LogP contribution in [0, 0.1) is 5.92 Å². The Labute approximate surface area is 147 Å². The van der Waals surface area contributed by atoms with Gasteiger partial charge in [-0.3, -0.25) is 4.79 Å². The first kappa shape index (κ1) is 16.7. The zero-order chi connectivity index (χ0) is 16.9. The fourth-order valence-electron chi connectivity index (χ4n) is 3.02. The molecule has 1 aliphatic heterocycles. The summed E-state index contributed by atoms with van der Waals surface area (Å²) in [5.74, 6) is 1.19. The third-order valence-corrected chi connectivity index (χ3v) is 4.70. The number of carbonyl (C=O) groups excluding carboxylic acids is 1. The van der Waals surface area contributed by atoms with Gasteiger partial charge in [0.2, 0.25) is 0 Å². The third kappa shape index (κ3) is 3.82. The number of halogens is 1. The molecule has 5 heteroatoms. The quantitative estimate of drug-likeness (QED) is 0.901. The molecule has 0 bridgehead atoms. The van der Waals surface area contributed by atoms with Gasteiger partial charge >= 0.3 is 0 Å². The van der Waals surface area contributed by atoms with Crippen LogP contribution in [0.1, 0.15) is 16.8 Å². The van der Waals surface area contributed by atoms with E-state index in [0.29, 0.717) is 23.0 Å². The van der Waals surface area contributed by atoms with E-state index in [2.05, 4.69) is 16.3 Å². The molecule has 2 aromatic carbocycles. The van der Waals surface area contributed by atoms with Crippen LogP contribution in [0.4, 0.5) is 5.69 Å². The summed E-state index contributed by atoms with van der Waals surface area (Å²) in [5, 5.41) is 3.49. The van der Waals surface area contributed by atoms with Crippen molar-refractivity contribution in [1.29, 1.82) is 0 Å². The van der Waals surface area contributed by atoms with Crippen molar-refractivity contribution < 1.29 is 9.53 Å². The van der Waals surface area contributed by atoms with Crippen molar-refractivity contribution in [3.8, 4) is 5.75 Å². The third-order valence-electron chi connectivity index (χ3n) is 4.37. The number of methoxy groups -OCH3 is 1. The van der Waals surface area contributed by atoms with Gasteiger partial charge in [0.25, 0.3) is 5.91 Å². The predicted molar refractivity (Wildman–Crippen MR) is 97.1 cm³/mol. The molecule has 0 spiro atoms. The minimum atomic E-state index is -0.111. The van der Waals surface area contributed by atoms with Crippen LogP contribution in [0.3, 0.4) is 0 Å². The number of carbonyl (C=O) groups is 1. The van der Waals surface area contributed by atoms with E-state index in [1.165, 1.54) is 0 Å². The molecular formula is C19H21ClN2O2. The number of ether oxygens (including phenoxy) is 1. The van der Waals surface area contributed by atoms with E-state index in [1.807, 2.05) is 30.3 Å². The van der Waals surface area contributed by atoms with Crippen LogP contribution in [0.25, 0.3) is 0 Å². The van der Waals surface area contributed by atoms with Crippen molar-refractivity contribution in [3.63, 3.8) is 0 Å². The summed E-state index contributed by atoms with van der Waals surface area (Å²) in [7, 11) is 1.68. The summed E-state index contributed by atoms with van der Waals surface area (Å²) in [6.07, 6.45) is 1.06. The van der Waals surface area contributed by atoms with Crippen LogP contribution in [-0.2, 0) is 0 Å². The number of hydrogen-bond donors (Lipinski definition) is 1. The molecule has 0 aliphatic carbocycles. The van der Waals surface area contributed by atoms with Gasteiger partial charge in [-0.25, -0.2) is 0 Å². The lowest BCUT2D eigenvalue weighted by atomic mass is 10.1. The molecule has 1 amide bonds. The monoisotopic (exact) mass is 344 g/mol. The second-order valence-electron chi connectivity index (χ2n) is 5.99. The lowest BCUT2D eigenvalue weighted by Gasteiger charge is -2.19. The second kappa shape index (κ2) is 7.58. The second-order valence-corrected chi connectivity index (χ2v) is 6.40. The number of rotatable bonds is 5. The number of hydrogen-bond acceptors (Lipinski definition) is 3. The van der Waals surface area contributed by atoms with Crippen molar-refractivity contribution >= 4 is 23.2 Å². The van der Waals surface area contributed by atoms with E-state index in [1.54, 1.807) is 19.2 Å². The fraction of sp³-hybridized carbons (Fsp3) is 0.316. The number of benzene rings is 2. The predicted octanol–water partition coefficient (Wildman–Crippen LogP) is 3.60. The minimum Gasteiger partial charge on any atom is -0.497 e. The number of nitrogens with zero attached hydrogens (tertiary/aromatic N) is 1. The molecule has 1 aliphatic rings. The highest BCUT2D eigenvalue weighted by Gasteiger charge is 2.23. The molecular weight excluding hydrogens is 324 g/mol. The lowest BCUT2D eigenvalue weighted by molar-refractivity contribution is 0.0948. The van der Waals surface area contributed by atoms with E-state index < -0.39 is 0 Å². The Morgan fingerprint density at radius 3 is 2.92 bits per heavy atom. The van der Waals surface area contributed by atoms with Gasteiger partial charge in [0, 0.05) is 31.4 Å². The van der Waals surface area contributed by atoms with Gasteiger partial charge in [0.1, 0.15) is 5.75 Å². The maximum atomic E-state index is 12.2. The summed E-state index contributed by atoms with van der Waals surface area (Å²) in [6, 6.07) is 15.2. The van der Waals surface area contributed by atoms with E-state index in [-0.39, 0.29) is 5.91 Å². The fourth-order valence-corrected chi connectivity index (χ4v) is 3.24. The zero-order valence-corrected chi connectivity index (χ0v) is 14.4. The molecule has 1 saturated heterocycles. The van der Waals surface area contributed by atoms with Crippen LogP contribution >= 0.6 is 11.6 Å². The Hall–Kier alpha value is -2.20. The van der Waals surface area contributed by atoms with Crippen LogP contribution < -0.4 is 15.0 Å². The molecule has 1 fully saturated rings. The molecule has 1 heterocycles. The average molecular weight is 345 g/mol. The topological polar surface area (TPSA) is 41.6 Å². The normalized spacial score (nSPS) is 16.9. The zero-order valence-electron chi connectivity index (χ0n) is 13.7. The average Bonchev–Trinajstić information content (AvgIpc) is 3.09.